The standard InChI is InChI=1S/C23H35N3O3S3/c1-4-6-8-14-25(15-9-7-5-2)20-12-10-19(11-13-20)18-21-22(27)26(23(30)31-21)16-17-32(28,29)24-3/h10-13,18,24H,4-9,14-17H2,1-3H3. The maximum atomic E-state index is 12.7. The molecule has 1 aromatic carbocycles. The average Bonchev–Trinajstić information content (AvgIpc) is 3.04. The predicted octanol–water partition coefficient (Wildman–Crippen LogP) is 4.62. The number of carbonyl (C=O) groups excluding carboxylic acids is 1. The molecule has 0 aliphatic carbocycles. The van der Waals surface area contributed by atoms with E-state index < -0.39 is 10.0 Å². The van der Waals surface area contributed by atoms with Gasteiger partial charge in [-0.3, -0.25) is 9.69 Å². The van der Waals surface area contributed by atoms with Gasteiger partial charge in [-0.1, -0.05) is 75.6 Å². The minimum atomic E-state index is -3.40. The van der Waals surface area contributed by atoms with Gasteiger partial charge in [0.2, 0.25) is 10.0 Å². The van der Waals surface area contributed by atoms with E-state index in [9.17, 15) is 13.2 Å². The summed E-state index contributed by atoms with van der Waals surface area (Å²) >= 11 is 6.51. The summed E-state index contributed by atoms with van der Waals surface area (Å²) in [5.74, 6) is -0.416. The number of sulfonamides is 1. The molecular weight excluding hydrogens is 462 g/mol. The number of carbonyl (C=O) groups is 1. The zero-order valence-electron chi connectivity index (χ0n) is 19.3. The van der Waals surface area contributed by atoms with E-state index in [0.29, 0.717) is 9.23 Å². The van der Waals surface area contributed by atoms with Crippen LogP contribution < -0.4 is 9.62 Å². The molecule has 1 aromatic rings. The number of thioether (sulfide) groups is 1. The van der Waals surface area contributed by atoms with Gasteiger partial charge in [0.05, 0.1) is 10.7 Å². The lowest BCUT2D eigenvalue weighted by atomic mass is 10.1. The molecular formula is C23H35N3O3S3. The molecule has 1 amide bonds. The minimum absolute atomic E-state index is 0.0502. The molecule has 0 atom stereocenters. The molecule has 6 nitrogen and oxygen atoms in total. The van der Waals surface area contributed by atoms with Gasteiger partial charge in [-0.25, -0.2) is 13.1 Å². The molecule has 0 unspecified atom stereocenters. The second kappa shape index (κ2) is 13.3. The fourth-order valence-corrected chi connectivity index (χ4v) is 5.35. The Labute approximate surface area is 202 Å². The highest BCUT2D eigenvalue weighted by molar-refractivity contribution is 8.26. The first-order chi connectivity index (χ1) is 15.3. The summed E-state index contributed by atoms with van der Waals surface area (Å²) < 4.78 is 26.0. The first kappa shape index (κ1) is 26.8. The molecule has 1 fully saturated rings. The van der Waals surface area contributed by atoms with Crippen LogP contribution in [0.4, 0.5) is 5.69 Å². The summed E-state index contributed by atoms with van der Waals surface area (Å²) in [6.07, 6.45) is 9.10. The third-order valence-electron chi connectivity index (χ3n) is 5.39. The zero-order valence-corrected chi connectivity index (χ0v) is 21.8. The molecule has 32 heavy (non-hydrogen) atoms. The minimum Gasteiger partial charge on any atom is -0.372 e. The highest BCUT2D eigenvalue weighted by atomic mass is 32.2. The highest BCUT2D eigenvalue weighted by Crippen LogP contribution is 2.32. The number of thiocarbonyl (C=S) groups is 1. The quantitative estimate of drug-likeness (QED) is 0.230. The predicted molar refractivity (Wildman–Crippen MR) is 140 cm³/mol. The van der Waals surface area contributed by atoms with E-state index in [2.05, 4.69) is 35.6 Å². The molecule has 1 N–H and O–H groups in total. The van der Waals surface area contributed by atoms with Gasteiger partial charge >= 0.3 is 0 Å². The molecule has 178 valence electrons. The van der Waals surface area contributed by atoms with Crippen LogP contribution in [0.15, 0.2) is 29.2 Å². The van der Waals surface area contributed by atoms with Crippen LogP contribution in [-0.4, -0.2) is 56.0 Å². The zero-order chi connectivity index (χ0) is 23.6. The van der Waals surface area contributed by atoms with Crippen molar-refractivity contribution in [3.8, 4) is 0 Å². The van der Waals surface area contributed by atoms with Crippen molar-refractivity contribution in [1.29, 1.82) is 0 Å². The SMILES string of the molecule is CCCCCN(CCCCC)c1ccc(C=C2SC(=S)N(CCS(=O)(=O)NC)C2=O)cc1. The Hall–Kier alpha value is -1.42. The number of rotatable bonds is 14. The highest BCUT2D eigenvalue weighted by Gasteiger charge is 2.32. The van der Waals surface area contributed by atoms with Crippen LogP contribution >= 0.6 is 24.0 Å². The van der Waals surface area contributed by atoms with Gasteiger partial charge in [0, 0.05) is 25.3 Å². The van der Waals surface area contributed by atoms with Crippen LogP contribution in [0.5, 0.6) is 0 Å². The van der Waals surface area contributed by atoms with Gasteiger partial charge in [-0.2, -0.15) is 0 Å². The summed E-state index contributed by atoms with van der Waals surface area (Å²) in [6.45, 7) is 6.61. The molecule has 0 spiro atoms. The first-order valence-electron chi connectivity index (χ1n) is 11.3. The Morgan fingerprint density at radius 1 is 1.06 bits per heavy atom. The third-order valence-corrected chi connectivity index (χ3v) is 8.11. The Balaban J connectivity index is 2.07. The molecule has 0 bridgehead atoms. The van der Waals surface area contributed by atoms with Crippen molar-refractivity contribution in [2.75, 3.05) is 37.3 Å². The van der Waals surface area contributed by atoms with E-state index >= 15 is 0 Å². The van der Waals surface area contributed by atoms with E-state index in [0.717, 1.165) is 18.7 Å². The number of anilines is 1. The Bertz CT molecular complexity index is 889. The topological polar surface area (TPSA) is 69.7 Å². The van der Waals surface area contributed by atoms with Crippen molar-refractivity contribution < 1.29 is 13.2 Å². The van der Waals surface area contributed by atoms with E-state index in [4.69, 9.17) is 12.2 Å². The van der Waals surface area contributed by atoms with Gasteiger partial charge in [-0.15, -0.1) is 0 Å². The molecule has 0 saturated carbocycles. The van der Waals surface area contributed by atoms with Gasteiger partial charge in [0.1, 0.15) is 4.32 Å². The van der Waals surface area contributed by atoms with Crippen molar-refractivity contribution >= 4 is 56.0 Å². The van der Waals surface area contributed by atoms with E-state index in [1.54, 1.807) is 0 Å². The smallest absolute Gasteiger partial charge is 0.266 e. The number of unbranched alkanes of at least 4 members (excludes halogenated alkanes) is 4. The molecule has 0 aromatic heterocycles. The summed E-state index contributed by atoms with van der Waals surface area (Å²) in [5, 5.41) is 0. The molecule has 1 aliphatic rings. The lowest BCUT2D eigenvalue weighted by Crippen LogP contribution is -2.35. The number of nitrogens with zero attached hydrogens (tertiary/aromatic N) is 2. The number of hydrogen-bond acceptors (Lipinski definition) is 6. The second-order valence-electron chi connectivity index (χ2n) is 7.85. The fourth-order valence-electron chi connectivity index (χ4n) is 3.41. The van der Waals surface area contributed by atoms with Crippen molar-refractivity contribution in [2.24, 2.45) is 0 Å². The average molecular weight is 498 g/mol. The van der Waals surface area contributed by atoms with Crippen LogP contribution in [0.2, 0.25) is 0 Å². The van der Waals surface area contributed by atoms with Crippen LogP contribution in [0.1, 0.15) is 57.9 Å². The molecule has 2 rings (SSSR count). The van der Waals surface area contributed by atoms with E-state index in [1.165, 1.54) is 67.9 Å². The van der Waals surface area contributed by atoms with E-state index in [-0.39, 0.29) is 18.2 Å². The fraction of sp³-hybridized carbons (Fsp3) is 0.565. The summed E-state index contributed by atoms with van der Waals surface area (Å²) in [6, 6.07) is 8.29. The lowest BCUT2D eigenvalue weighted by molar-refractivity contribution is -0.121. The Morgan fingerprint density at radius 3 is 2.19 bits per heavy atom. The van der Waals surface area contributed by atoms with Crippen molar-refractivity contribution in [1.82, 2.24) is 9.62 Å². The number of amides is 1. The molecule has 1 heterocycles. The molecule has 0 radical (unpaired) electrons. The maximum Gasteiger partial charge on any atom is 0.266 e. The second-order valence-corrected chi connectivity index (χ2v) is 11.6. The molecule has 1 aliphatic heterocycles. The summed E-state index contributed by atoms with van der Waals surface area (Å²) in [5.41, 5.74) is 2.14. The van der Waals surface area contributed by atoms with Gasteiger partial charge in [-0.05, 0) is 43.7 Å². The molecule has 1 saturated heterocycles. The summed E-state index contributed by atoms with van der Waals surface area (Å²) in [4.78, 5) is 17.1. The van der Waals surface area contributed by atoms with Crippen molar-refractivity contribution in [3.63, 3.8) is 0 Å². The van der Waals surface area contributed by atoms with Gasteiger partial charge in [0.15, 0.2) is 0 Å². The van der Waals surface area contributed by atoms with Crippen LogP contribution in [0.25, 0.3) is 6.08 Å². The van der Waals surface area contributed by atoms with E-state index in [1.807, 2.05) is 18.2 Å². The largest absolute Gasteiger partial charge is 0.372 e. The monoisotopic (exact) mass is 497 g/mol. The van der Waals surface area contributed by atoms with Gasteiger partial charge in [0.25, 0.3) is 5.91 Å². The number of benzene rings is 1. The Morgan fingerprint density at radius 2 is 1.66 bits per heavy atom. The van der Waals surface area contributed by atoms with Crippen LogP contribution in [0, 0.1) is 0 Å². The maximum absolute atomic E-state index is 12.7. The van der Waals surface area contributed by atoms with Crippen molar-refractivity contribution in [3.05, 3.63) is 34.7 Å². The summed E-state index contributed by atoms with van der Waals surface area (Å²) in [7, 11) is -2.04. The Kier molecular flexibility index (Phi) is 11.2. The number of nitrogens with one attached hydrogen (secondary N) is 1. The van der Waals surface area contributed by atoms with Crippen LogP contribution in [0.3, 0.4) is 0 Å². The lowest BCUT2D eigenvalue weighted by Gasteiger charge is -2.25. The number of hydrogen-bond donors (Lipinski definition) is 1. The van der Waals surface area contributed by atoms with Crippen LogP contribution in [-0.2, 0) is 14.8 Å². The third kappa shape index (κ3) is 8.17. The van der Waals surface area contributed by atoms with Gasteiger partial charge < -0.3 is 4.90 Å². The first-order valence-corrected chi connectivity index (χ1v) is 14.2. The van der Waals surface area contributed by atoms with Crippen molar-refractivity contribution in [2.45, 2.75) is 52.4 Å². The molecule has 9 heteroatoms. The normalized spacial score (nSPS) is 15.7.